The molecule has 0 aliphatic rings. The van der Waals surface area contributed by atoms with E-state index in [0.29, 0.717) is 10.9 Å². The third-order valence-electron chi connectivity index (χ3n) is 3.42. The van der Waals surface area contributed by atoms with Crippen molar-refractivity contribution in [2.45, 2.75) is 4.90 Å². The van der Waals surface area contributed by atoms with Crippen LogP contribution in [0.4, 0.5) is 0 Å². The maximum atomic E-state index is 11.8. The van der Waals surface area contributed by atoms with E-state index < -0.39 is 10.1 Å². The highest BCUT2D eigenvalue weighted by molar-refractivity contribution is 7.86. The van der Waals surface area contributed by atoms with Gasteiger partial charge in [0.15, 0.2) is 0 Å². The fourth-order valence-corrected chi connectivity index (χ4v) is 3.33. The minimum absolute atomic E-state index is 0.0576. The van der Waals surface area contributed by atoms with Crippen LogP contribution in [0.3, 0.4) is 0 Å². The average Bonchev–Trinajstić information content (AvgIpc) is 2.52. The molecule has 3 nitrogen and oxygen atoms in total. The molecular weight excluding hydrogens is 296 g/mol. The minimum atomic E-state index is -4.32. The van der Waals surface area contributed by atoms with Crippen molar-refractivity contribution in [1.82, 2.24) is 0 Å². The van der Waals surface area contributed by atoms with E-state index in [9.17, 15) is 13.0 Å². The Hall–Kier alpha value is -2.43. The molecule has 0 saturated heterocycles. The predicted molar refractivity (Wildman–Crippen MR) is 89.1 cm³/mol. The van der Waals surface area contributed by atoms with Crippen molar-refractivity contribution in [3.63, 3.8) is 0 Å². The van der Waals surface area contributed by atoms with E-state index in [-0.39, 0.29) is 4.90 Å². The molecule has 0 bridgehead atoms. The molecule has 0 saturated carbocycles. The van der Waals surface area contributed by atoms with Crippen LogP contribution >= 0.6 is 0 Å². The standard InChI is InChI=1S/C18H14O3S/c19-22(20,21)18-16(11-10-14-6-2-1-3-7-14)13-12-15-8-4-5-9-17(15)18/h1-13H,(H,19,20,21). The molecule has 0 amide bonds. The van der Waals surface area contributed by atoms with Crippen molar-refractivity contribution in [3.05, 3.63) is 77.9 Å². The van der Waals surface area contributed by atoms with E-state index in [4.69, 9.17) is 0 Å². The summed E-state index contributed by atoms with van der Waals surface area (Å²) in [4.78, 5) is -0.0576. The molecule has 0 spiro atoms. The van der Waals surface area contributed by atoms with E-state index in [2.05, 4.69) is 0 Å². The Bertz CT molecular complexity index is 942. The lowest BCUT2D eigenvalue weighted by Gasteiger charge is -2.08. The molecule has 1 N–H and O–H groups in total. The molecule has 22 heavy (non-hydrogen) atoms. The van der Waals surface area contributed by atoms with Gasteiger partial charge in [-0.1, -0.05) is 78.9 Å². The van der Waals surface area contributed by atoms with Crippen molar-refractivity contribution in [3.8, 4) is 0 Å². The van der Waals surface area contributed by atoms with Crippen molar-refractivity contribution >= 4 is 33.0 Å². The van der Waals surface area contributed by atoms with Crippen LogP contribution < -0.4 is 0 Å². The largest absolute Gasteiger partial charge is 0.295 e. The van der Waals surface area contributed by atoms with E-state index in [1.807, 2.05) is 54.6 Å². The molecule has 4 heteroatoms. The first-order valence-corrected chi connectivity index (χ1v) is 8.22. The second-order valence-corrected chi connectivity index (χ2v) is 6.28. The highest BCUT2D eigenvalue weighted by atomic mass is 32.2. The third-order valence-corrected chi connectivity index (χ3v) is 4.39. The summed E-state index contributed by atoms with van der Waals surface area (Å²) in [5.74, 6) is 0. The lowest BCUT2D eigenvalue weighted by Crippen LogP contribution is -2.02. The fourth-order valence-electron chi connectivity index (χ4n) is 2.43. The molecule has 3 aromatic rings. The van der Waals surface area contributed by atoms with E-state index in [1.165, 1.54) is 0 Å². The lowest BCUT2D eigenvalue weighted by molar-refractivity contribution is 0.484. The van der Waals surface area contributed by atoms with Gasteiger partial charge < -0.3 is 0 Å². The summed E-state index contributed by atoms with van der Waals surface area (Å²) in [5, 5.41) is 1.28. The normalized spacial score (nSPS) is 12.0. The van der Waals surface area contributed by atoms with E-state index in [1.54, 1.807) is 24.3 Å². The number of benzene rings is 3. The second-order valence-electron chi connectivity index (χ2n) is 4.92. The Balaban J connectivity index is 2.20. The molecule has 0 unspecified atom stereocenters. The summed E-state index contributed by atoms with van der Waals surface area (Å²) in [7, 11) is -4.32. The molecule has 0 heterocycles. The molecule has 0 aliphatic carbocycles. The average molecular weight is 310 g/mol. The zero-order chi connectivity index (χ0) is 15.6. The third kappa shape index (κ3) is 2.93. The van der Waals surface area contributed by atoms with Crippen LogP contribution in [0.15, 0.2) is 71.6 Å². The van der Waals surface area contributed by atoms with Gasteiger partial charge in [-0.25, -0.2) is 0 Å². The highest BCUT2D eigenvalue weighted by Crippen LogP contribution is 2.28. The molecule has 0 aromatic heterocycles. The second kappa shape index (κ2) is 5.75. The van der Waals surface area contributed by atoms with Gasteiger partial charge in [0, 0.05) is 5.39 Å². The molecule has 0 atom stereocenters. The number of hydrogen-bond donors (Lipinski definition) is 1. The smallest absolute Gasteiger partial charge is 0.282 e. The van der Waals surface area contributed by atoms with Crippen LogP contribution in [0.25, 0.3) is 22.9 Å². The van der Waals surface area contributed by atoms with Crippen LogP contribution in [0.2, 0.25) is 0 Å². The molecule has 0 fully saturated rings. The van der Waals surface area contributed by atoms with Gasteiger partial charge in [0.25, 0.3) is 10.1 Å². The van der Waals surface area contributed by atoms with Gasteiger partial charge >= 0.3 is 0 Å². The lowest BCUT2D eigenvalue weighted by atomic mass is 10.1. The summed E-state index contributed by atoms with van der Waals surface area (Å²) >= 11 is 0. The van der Waals surface area contributed by atoms with Crippen LogP contribution in [-0.2, 0) is 10.1 Å². The van der Waals surface area contributed by atoms with Crippen LogP contribution in [0.5, 0.6) is 0 Å². The Kier molecular flexibility index (Phi) is 3.79. The summed E-state index contributed by atoms with van der Waals surface area (Å²) in [5.41, 5.74) is 1.42. The van der Waals surface area contributed by atoms with E-state index in [0.717, 1.165) is 10.9 Å². The van der Waals surface area contributed by atoms with Crippen LogP contribution in [0, 0.1) is 0 Å². The summed E-state index contributed by atoms with van der Waals surface area (Å²) < 4.78 is 33.2. The molecular formula is C18H14O3S. The number of rotatable bonds is 3. The van der Waals surface area contributed by atoms with Gasteiger partial charge in [-0.05, 0) is 16.5 Å². The molecule has 3 aromatic carbocycles. The first-order chi connectivity index (χ1) is 10.6. The van der Waals surface area contributed by atoms with Gasteiger partial charge in [0.05, 0.1) is 0 Å². The zero-order valence-electron chi connectivity index (χ0n) is 11.7. The van der Waals surface area contributed by atoms with Crippen LogP contribution in [-0.4, -0.2) is 13.0 Å². The number of hydrogen-bond acceptors (Lipinski definition) is 2. The van der Waals surface area contributed by atoms with Gasteiger partial charge in [-0.15, -0.1) is 0 Å². The van der Waals surface area contributed by atoms with Gasteiger partial charge in [0.1, 0.15) is 4.90 Å². The maximum absolute atomic E-state index is 11.8. The van der Waals surface area contributed by atoms with Crippen LogP contribution in [0.1, 0.15) is 11.1 Å². The fraction of sp³-hybridized carbons (Fsp3) is 0. The molecule has 110 valence electrons. The molecule has 0 radical (unpaired) electrons. The van der Waals surface area contributed by atoms with E-state index >= 15 is 0 Å². The van der Waals surface area contributed by atoms with Crippen molar-refractivity contribution in [1.29, 1.82) is 0 Å². The topological polar surface area (TPSA) is 54.4 Å². The zero-order valence-corrected chi connectivity index (χ0v) is 12.5. The monoisotopic (exact) mass is 310 g/mol. The van der Waals surface area contributed by atoms with Gasteiger partial charge in [-0.3, -0.25) is 4.55 Å². The van der Waals surface area contributed by atoms with Crippen molar-refractivity contribution in [2.24, 2.45) is 0 Å². The Morgan fingerprint density at radius 1 is 0.773 bits per heavy atom. The predicted octanol–water partition coefficient (Wildman–Crippen LogP) is 4.26. The first kappa shape index (κ1) is 14.5. The molecule has 0 aliphatic heterocycles. The Morgan fingerprint density at radius 3 is 2.18 bits per heavy atom. The maximum Gasteiger partial charge on any atom is 0.295 e. The highest BCUT2D eigenvalue weighted by Gasteiger charge is 2.17. The first-order valence-electron chi connectivity index (χ1n) is 6.78. The van der Waals surface area contributed by atoms with Crippen molar-refractivity contribution in [2.75, 3.05) is 0 Å². The minimum Gasteiger partial charge on any atom is -0.282 e. The van der Waals surface area contributed by atoms with Gasteiger partial charge in [0.2, 0.25) is 0 Å². The Morgan fingerprint density at radius 2 is 1.45 bits per heavy atom. The molecule has 3 rings (SSSR count). The summed E-state index contributed by atoms with van der Waals surface area (Å²) in [6, 6.07) is 20.2. The Labute approximate surface area is 129 Å². The number of fused-ring (bicyclic) bond motifs is 1. The SMILES string of the molecule is O=S(=O)(O)c1c(C=Cc2ccccc2)ccc2ccccc12. The van der Waals surface area contributed by atoms with Gasteiger partial charge in [-0.2, -0.15) is 8.42 Å². The van der Waals surface area contributed by atoms with Crippen molar-refractivity contribution < 1.29 is 13.0 Å². The summed E-state index contributed by atoms with van der Waals surface area (Å²) in [6.07, 6.45) is 3.52. The summed E-state index contributed by atoms with van der Waals surface area (Å²) in [6.45, 7) is 0. The quantitative estimate of drug-likeness (QED) is 0.581.